The second-order valence-corrected chi connectivity index (χ2v) is 5.07. The van der Waals surface area contributed by atoms with E-state index < -0.39 is 0 Å². The van der Waals surface area contributed by atoms with Crippen molar-refractivity contribution in [3.05, 3.63) is 30.1 Å². The highest BCUT2D eigenvalue weighted by Gasteiger charge is 2.23. The molecule has 2 rings (SSSR count). The Bertz CT molecular complexity index is 304. The zero-order valence-corrected chi connectivity index (χ0v) is 10.9. The van der Waals surface area contributed by atoms with E-state index in [2.05, 4.69) is 29.4 Å². The monoisotopic (exact) mass is 232 g/mol. The lowest BCUT2D eigenvalue weighted by atomic mass is 9.93. The number of hydrogen-bond donors (Lipinski definition) is 1. The number of rotatable bonds is 6. The molecule has 94 valence electrons. The van der Waals surface area contributed by atoms with Gasteiger partial charge in [0, 0.05) is 17.9 Å². The second-order valence-electron chi connectivity index (χ2n) is 5.07. The molecule has 1 fully saturated rings. The Kier molecular flexibility index (Phi) is 4.99. The molecule has 2 nitrogen and oxygen atoms in total. The summed E-state index contributed by atoms with van der Waals surface area (Å²) in [4.78, 5) is 4.41. The summed E-state index contributed by atoms with van der Waals surface area (Å²) in [6.45, 7) is 3.30. The van der Waals surface area contributed by atoms with Gasteiger partial charge in [0.05, 0.1) is 0 Å². The van der Waals surface area contributed by atoms with Crippen LogP contribution in [-0.2, 0) is 6.42 Å². The van der Waals surface area contributed by atoms with Crippen LogP contribution in [0.15, 0.2) is 24.4 Å². The fourth-order valence-electron chi connectivity index (χ4n) is 2.98. The molecule has 0 aromatic carbocycles. The first kappa shape index (κ1) is 12.6. The lowest BCUT2D eigenvalue weighted by Gasteiger charge is -2.24. The standard InChI is InChI=1S/C15H24N2/c1-2-16-15(13-7-3-4-8-13)11-10-14-9-5-6-12-17-14/h5-6,9,12-13,15-16H,2-4,7-8,10-11H2,1H3. The van der Waals surface area contributed by atoms with E-state index in [9.17, 15) is 0 Å². The number of nitrogens with zero attached hydrogens (tertiary/aromatic N) is 1. The molecular weight excluding hydrogens is 208 g/mol. The molecule has 1 aromatic rings. The molecule has 1 aliphatic rings. The minimum atomic E-state index is 0.699. The molecule has 1 aromatic heterocycles. The summed E-state index contributed by atoms with van der Waals surface area (Å²) < 4.78 is 0. The van der Waals surface area contributed by atoms with Crippen molar-refractivity contribution in [1.82, 2.24) is 10.3 Å². The van der Waals surface area contributed by atoms with E-state index in [-0.39, 0.29) is 0 Å². The van der Waals surface area contributed by atoms with Gasteiger partial charge >= 0.3 is 0 Å². The number of nitrogens with one attached hydrogen (secondary N) is 1. The molecule has 17 heavy (non-hydrogen) atoms. The highest BCUT2D eigenvalue weighted by Crippen LogP contribution is 2.29. The third-order valence-corrected chi connectivity index (χ3v) is 3.87. The van der Waals surface area contributed by atoms with Crippen LogP contribution in [0.4, 0.5) is 0 Å². The van der Waals surface area contributed by atoms with Crippen molar-refractivity contribution in [1.29, 1.82) is 0 Å². The highest BCUT2D eigenvalue weighted by molar-refractivity contribution is 5.04. The number of aryl methyl sites for hydroxylation is 1. The molecule has 0 bridgehead atoms. The van der Waals surface area contributed by atoms with Crippen LogP contribution in [0.25, 0.3) is 0 Å². The van der Waals surface area contributed by atoms with Crippen LogP contribution in [0.2, 0.25) is 0 Å². The van der Waals surface area contributed by atoms with Gasteiger partial charge in [0.2, 0.25) is 0 Å². The minimum absolute atomic E-state index is 0.699. The van der Waals surface area contributed by atoms with Gasteiger partial charge in [-0.3, -0.25) is 4.98 Å². The van der Waals surface area contributed by atoms with Gasteiger partial charge in [-0.1, -0.05) is 25.8 Å². The van der Waals surface area contributed by atoms with E-state index in [1.165, 1.54) is 37.8 Å². The summed E-state index contributed by atoms with van der Waals surface area (Å²) in [5, 5.41) is 3.67. The first-order valence-electron chi connectivity index (χ1n) is 7.03. The third kappa shape index (κ3) is 3.81. The molecule has 1 N–H and O–H groups in total. The SMILES string of the molecule is CCNC(CCc1ccccn1)C1CCCC1. The molecular formula is C15H24N2. The number of hydrogen-bond acceptors (Lipinski definition) is 2. The van der Waals surface area contributed by atoms with E-state index >= 15 is 0 Å². The van der Waals surface area contributed by atoms with Crippen molar-refractivity contribution < 1.29 is 0 Å². The van der Waals surface area contributed by atoms with Gasteiger partial charge in [0.15, 0.2) is 0 Å². The molecule has 0 saturated heterocycles. The summed E-state index contributed by atoms with van der Waals surface area (Å²) in [6, 6.07) is 6.91. The molecule has 1 unspecified atom stereocenters. The Morgan fingerprint density at radius 3 is 2.82 bits per heavy atom. The van der Waals surface area contributed by atoms with Crippen LogP contribution >= 0.6 is 0 Å². The smallest absolute Gasteiger partial charge is 0.0404 e. The Morgan fingerprint density at radius 2 is 2.18 bits per heavy atom. The first-order valence-corrected chi connectivity index (χ1v) is 7.03. The van der Waals surface area contributed by atoms with Crippen LogP contribution in [0.5, 0.6) is 0 Å². The van der Waals surface area contributed by atoms with Gasteiger partial charge in [0.25, 0.3) is 0 Å². The quantitative estimate of drug-likeness (QED) is 0.815. The van der Waals surface area contributed by atoms with Crippen LogP contribution in [-0.4, -0.2) is 17.6 Å². The predicted octanol–water partition coefficient (Wildman–Crippen LogP) is 3.18. The minimum Gasteiger partial charge on any atom is -0.314 e. The van der Waals surface area contributed by atoms with E-state index in [4.69, 9.17) is 0 Å². The molecule has 1 aliphatic carbocycles. The molecule has 0 aliphatic heterocycles. The zero-order chi connectivity index (χ0) is 11.9. The van der Waals surface area contributed by atoms with Crippen LogP contribution < -0.4 is 5.32 Å². The maximum atomic E-state index is 4.41. The van der Waals surface area contributed by atoms with Gasteiger partial charge in [-0.2, -0.15) is 0 Å². The summed E-state index contributed by atoms with van der Waals surface area (Å²) in [7, 11) is 0. The van der Waals surface area contributed by atoms with Crippen LogP contribution in [0.1, 0.15) is 44.7 Å². The van der Waals surface area contributed by atoms with Gasteiger partial charge in [-0.05, 0) is 50.3 Å². The molecule has 0 spiro atoms. The van der Waals surface area contributed by atoms with Gasteiger partial charge in [-0.15, -0.1) is 0 Å². The molecule has 1 saturated carbocycles. The Morgan fingerprint density at radius 1 is 1.35 bits per heavy atom. The summed E-state index contributed by atoms with van der Waals surface area (Å²) >= 11 is 0. The van der Waals surface area contributed by atoms with Gasteiger partial charge in [-0.25, -0.2) is 0 Å². The van der Waals surface area contributed by atoms with Crippen molar-refractivity contribution in [2.45, 2.75) is 51.5 Å². The second kappa shape index (κ2) is 6.75. The molecule has 0 amide bonds. The van der Waals surface area contributed by atoms with Crippen molar-refractivity contribution in [2.24, 2.45) is 5.92 Å². The third-order valence-electron chi connectivity index (χ3n) is 3.87. The van der Waals surface area contributed by atoms with Crippen molar-refractivity contribution in [3.63, 3.8) is 0 Å². The van der Waals surface area contributed by atoms with Gasteiger partial charge < -0.3 is 5.32 Å². The number of pyridine rings is 1. The Hall–Kier alpha value is -0.890. The van der Waals surface area contributed by atoms with Crippen LogP contribution in [0.3, 0.4) is 0 Å². The molecule has 1 heterocycles. The van der Waals surface area contributed by atoms with Crippen LogP contribution in [0, 0.1) is 5.92 Å². The van der Waals surface area contributed by atoms with Crippen molar-refractivity contribution in [3.8, 4) is 0 Å². The summed E-state index contributed by atoms with van der Waals surface area (Å²) in [5.74, 6) is 0.902. The normalized spacial score (nSPS) is 18.4. The fourth-order valence-corrected chi connectivity index (χ4v) is 2.98. The summed E-state index contributed by atoms with van der Waals surface area (Å²) in [6.07, 6.45) is 9.92. The molecule has 2 heteroatoms. The topological polar surface area (TPSA) is 24.9 Å². The Balaban J connectivity index is 1.84. The predicted molar refractivity (Wildman–Crippen MR) is 72.0 cm³/mol. The maximum Gasteiger partial charge on any atom is 0.0404 e. The van der Waals surface area contributed by atoms with E-state index in [0.717, 1.165) is 18.9 Å². The highest BCUT2D eigenvalue weighted by atomic mass is 14.9. The zero-order valence-electron chi connectivity index (χ0n) is 10.9. The van der Waals surface area contributed by atoms with Crippen molar-refractivity contribution in [2.75, 3.05) is 6.54 Å². The van der Waals surface area contributed by atoms with Gasteiger partial charge in [0.1, 0.15) is 0 Å². The summed E-state index contributed by atoms with van der Waals surface area (Å²) in [5.41, 5.74) is 1.23. The van der Waals surface area contributed by atoms with Crippen molar-refractivity contribution >= 4 is 0 Å². The lowest BCUT2D eigenvalue weighted by Crippen LogP contribution is -2.35. The number of aromatic nitrogens is 1. The average molecular weight is 232 g/mol. The molecule has 0 radical (unpaired) electrons. The lowest BCUT2D eigenvalue weighted by molar-refractivity contribution is 0.345. The first-order chi connectivity index (χ1) is 8.40. The average Bonchev–Trinajstić information content (AvgIpc) is 2.89. The fraction of sp³-hybridized carbons (Fsp3) is 0.667. The van der Waals surface area contributed by atoms with E-state index in [1.54, 1.807) is 0 Å². The van der Waals surface area contributed by atoms with E-state index in [1.807, 2.05) is 12.3 Å². The van der Waals surface area contributed by atoms with E-state index in [0.29, 0.717) is 6.04 Å². The largest absolute Gasteiger partial charge is 0.314 e. The maximum absolute atomic E-state index is 4.41. The Labute approximate surface area is 105 Å². The molecule has 1 atom stereocenters.